The molecular formula is C18H23N2O5S-. The van der Waals surface area contributed by atoms with Crippen molar-refractivity contribution in [1.82, 2.24) is 5.32 Å². The van der Waals surface area contributed by atoms with E-state index in [1.165, 1.54) is 11.3 Å². The Morgan fingerprint density at radius 1 is 1.15 bits per heavy atom. The maximum Gasteiger partial charge on any atom is 0.254 e. The molecule has 2 heterocycles. The Hall–Kier alpha value is -1.93. The molecule has 1 aliphatic carbocycles. The van der Waals surface area contributed by atoms with Crippen molar-refractivity contribution in [2.75, 3.05) is 18.5 Å². The summed E-state index contributed by atoms with van der Waals surface area (Å²) >= 11 is 1.42. The van der Waals surface area contributed by atoms with Crippen LogP contribution >= 0.6 is 11.3 Å². The van der Waals surface area contributed by atoms with Crippen LogP contribution in [-0.2, 0) is 27.2 Å². The van der Waals surface area contributed by atoms with Crippen molar-refractivity contribution in [2.45, 2.75) is 57.5 Å². The maximum absolute atomic E-state index is 12.8. The largest absolute Gasteiger partial charge is 0.550 e. The van der Waals surface area contributed by atoms with Gasteiger partial charge in [-0.3, -0.25) is 9.59 Å². The van der Waals surface area contributed by atoms with Crippen LogP contribution < -0.4 is 15.7 Å². The van der Waals surface area contributed by atoms with Crippen LogP contribution in [0, 0.1) is 0 Å². The molecule has 0 unspecified atom stereocenters. The number of amides is 2. The number of fused-ring (bicyclic) bond motifs is 1. The number of carboxylic acid groups (broad SMARTS) is 1. The zero-order chi connectivity index (χ0) is 18.5. The van der Waals surface area contributed by atoms with Crippen LogP contribution in [0.3, 0.4) is 0 Å². The lowest BCUT2D eigenvalue weighted by molar-refractivity contribution is -0.305. The molecule has 1 aromatic heterocycles. The first-order valence-electron chi connectivity index (χ1n) is 9.08. The molecule has 1 fully saturated rings. The monoisotopic (exact) mass is 379 g/mol. The summed E-state index contributed by atoms with van der Waals surface area (Å²) in [6, 6.07) is 0. The summed E-state index contributed by atoms with van der Waals surface area (Å²) in [5.41, 5.74) is 1.55. The lowest BCUT2D eigenvalue weighted by Crippen LogP contribution is -2.32. The summed E-state index contributed by atoms with van der Waals surface area (Å²) in [4.78, 5) is 36.5. The topological polar surface area (TPSA) is 108 Å². The number of nitrogens with one attached hydrogen (secondary N) is 2. The second-order valence-corrected chi connectivity index (χ2v) is 7.79. The molecule has 1 saturated heterocycles. The summed E-state index contributed by atoms with van der Waals surface area (Å²) in [7, 11) is 0. The Balaban J connectivity index is 1.73. The molecule has 26 heavy (non-hydrogen) atoms. The van der Waals surface area contributed by atoms with Crippen LogP contribution in [0.5, 0.6) is 0 Å². The molecule has 2 aliphatic rings. The van der Waals surface area contributed by atoms with Gasteiger partial charge in [0.15, 0.2) is 0 Å². The van der Waals surface area contributed by atoms with Crippen molar-refractivity contribution < 1.29 is 24.2 Å². The van der Waals surface area contributed by atoms with Crippen LogP contribution in [0.25, 0.3) is 0 Å². The van der Waals surface area contributed by atoms with Gasteiger partial charge in [0.2, 0.25) is 5.91 Å². The van der Waals surface area contributed by atoms with Crippen LogP contribution in [-0.4, -0.2) is 37.0 Å². The number of hydrogen-bond acceptors (Lipinski definition) is 6. The van der Waals surface area contributed by atoms with E-state index in [0.29, 0.717) is 17.1 Å². The van der Waals surface area contributed by atoms with Crippen molar-refractivity contribution in [2.24, 2.45) is 0 Å². The smallest absolute Gasteiger partial charge is 0.254 e. The number of aliphatic carboxylic acids is 1. The highest BCUT2D eigenvalue weighted by atomic mass is 32.1. The Kier molecular flexibility index (Phi) is 6.26. The van der Waals surface area contributed by atoms with Gasteiger partial charge in [0, 0.05) is 30.4 Å². The van der Waals surface area contributed by atoms with Crippen molar-refractivity contribution in [1.29, 1.82) is 0 Å². The SMILES string of the molecule is O=C([O-])CCC(=O)Nc1sc2c(c1C(=O)NC[C@H]1CCCO1)CCCC2. The highest BCUT2D eigenvalue weighted by Gasteiger charge is 2.27. The summed E-state index contributed by atoms with van der Waals surface area (Å²) in [6.07, 6.45) is 5.32. The Morgan fingerprint density at radius 3 is 2.69 bits per heavy atom. The summed E-state index contributed by atoms with van der Waals surface area (Å²) in [6.45, 7) is 1.19. The fraction of sp³-hybridized carbons (Fsp3) is 0.611. The third-order valence-corrected chi connectivity index (χ3v) is 5.93. The molecule has 0 radical (unpaired) electrons. The number of anilines is 1. The molecular weight excluding hydrogens is 356 g/mol. The minimum absolute atomic E-state index is 0.0505. The molecule has 7 nitrogen and oxygen atoms in total. The van der Waals surface area contributed by atoms with Gasteiger partial charge in [-0.1, -0.05) is 0 Å². The molecule has 0 spiro atoms. The van der Waals surface area contributed by atoms with Gasteiger partial charge in [0.1, 0.15) is 5.00 Å². The lowest BCUT2D eigenvalue weighted by Gasteiger charge is -2.15. The van der Waals surface area contributed by atoms with E-state index in [9.17, 15) is 19.5 Å². The van der Waals surface area contributed by atoms with Gasteiger partial charge in [0.25, 0.3) is 5.91 Å². The normalized spacial score (nSPS) is 19.0. The Morgan fingerprint density at radius 2 is 1.96 bits per heavy atom. The van der Waals surface area contributed by atoms with Crippen LogP contribution in [0.2, 0.25) is 0 Å². The van der Waals surface area contributed by atoms with E-state index in [1.54, 1.807) is 0 Å². The van der Waals surface area contributed by atoms with Gasteiger partial charge in [-0.05, 0) is 50.5 Å². The number of carbonyl (C=O) groups excluding carboxylic acids is 3. The highest BCUT2D eigenvalue weighted by Crippen LogP contribution is 2.38. The standard InChI is InChI=1S/C18H24N2O5S/c21-14(7-8-15(22)23)20-18-16(12-5-1-2-6-13(12)26-18)17(24)19-10-11-4-3-9-25-11/h11H,1-10H2,(H,19,24)(H,20,21)(H,22,23)/p-1/t11-/m1/s1. The van der Waals surface area contributed by atoms with E-state index >= 15 is 0 Å². The molecule has 0 aromatic carbocycles. The Bertz CT molecular complexity index is 694. The number of carboxylic acids is 1. The molecule has 3 rings (SSSR count). The third-order valence-electron chi connectivity index (χ3n) is 4.72. The molecule has 8 heteroatoms. The predicted octanol–water partition coefficient (Wildman–Crippen LogP) is 1.00. The summed E-state index contributed by atoms with van der Waals surface area (Å²) < 4.78 is 5.54. The number of thiophene rings is 1. The molecule has 0 saturated carbocycles. The van der Waals surface area contributed by atoms with Gasteiger partial charge >= 0.3 is 0 Å². The molecule has 2 amide bonds. The van der Waals surface area contributed by atoms with E-state index in [1.807, 2.05) is 0 Å². The number of aryl methyl sites for hydroxylation is 1. The van der Waals surface area contributed by atoms with Crippen molar-refractivity contribution in [3.63, 3.8) is 0 Å². The molecule has 142 valence electrons. The Labute approximate surface area is 156 Å². The lowest BCUT2D eigenvalue weighted by atomic mass is 9.95. The first kappa shape index (κ1) is 18.8. The van der Waals surface area contributed by atoms with E-state index in [-0.39, 0.29) is 24.9 Å². The fourth-order valence-electron chi connectivity index (χ4n) is 3.40. The molecule has 1 atom stereocenters. The van der Waals surface area contributed by atoms with Crippen molar-refractivity contribution in [3.8, 4) is 0 Å². The zero-order valence-corrected chi connectivity index (χ0v) is 15.4. The minimum Gasteiger partial charge on any atom is -0.550 e. The zero-order valence-electron chi connectivity index (χ0n) is 14.6. The van der Waals surface area contributed by atoms with Crippen LogP contribution in [0.15, 0.2) is 0 Å². The van der Waals surface area contributed by atoms with Gasteiger partial charge in [-0.15, -0.1) is 11.3 Å². The fourth-order valence-corrected chi connectivity index (χ4v) is 4.70. The number of rotatable bonds is 7. The average molecular weight is 379 g/mol. The first-order valence-corrected chi connectivity index (χ1v) is 9.90. The maximum atomic E-state index is 12.8. The quantitative estimate of drug-likeness (QED) is 0.735. The molecule has 0 bridgehead atoms. The van der Waals surface area contributed by atoms with Crippen LogP contribution in [0.1, 0.15) is 59.3 Å². The van der Waals surface area contributed by atoms with Crippen molar-refractivity contribution >= 4 is 34.1 Å². The number of hydrogen-bond donors (Lipinski definition) is 2. The summed E-state index contributed by atoms with van der Waals surface area (Å²) in [5.74, 6) is -1.88. The average Bonchev–Trinajstić information content (AvgIpc) is 3.25. The van der Waals surface area contributed by atoms with E-state index in [4.69, 9.17) is 4.74 Å². The van der Waals surface area contributed by atoms with Gasteiger partial charge < -0.3 is 25.3 Å². The second kappa shape index (κ2) is 8.64. The molecule has 1 aliphatic heterocycles. The highest BCUT2D eigenvalue weighted by molar-refractivity contribution is 7.17. The predicted molar refractivity (Wildman–Crippen MR) is 95.1 cm³/mol. The number of carbonyl (C=O) groups is 3. The van der Waals surface area contributed by atoms with Crippen LogP contribution in [0.4, 0.5) is 5.00 Å². The van der Waals surface area contributed by atoms with Gasteiger partial charge in [-0.25, -0.2) is 0 Å². The van der Waals surface area contributed by atoms with Crippen molar-refractivity contribution in [3.05, 3.63) is 16.0 Å². The minimum atomic E-state index is -1.26. The second-order valence-electron chi connectivity index (χ2n) is 6.68. The molecule has 2 N–H and O–H groups in total. The number of ether oxygens (including phenoxy) is 1. The van der Waals surface area contributed by atoms with E-state index in [2.05, 4.69) is 10.6 Å². The van der Waals surface area contributed by atoms with Gasteiger partial charge in [-0.2, -0.15) is 0 Å². The summed E-state index contributed by atoms with van der Waals surface area (Å²) in [5, 5.41) is 16.7. The van der Waals surface area contributed by atoms with Gasteiger partial charge in [0.05, 0.1) is 11.7 Å². The molecule has 1 aromatic rings. The van der Waals surface area contributed by atoms with E-state index < -0.39 is 11.9 Å². The first-order chi connectivity index (χ1) is 12.5. The third kappa shape index (κ3) is 4.62. The van der Waals surface area contributed by atoms with E-state index in [0.717, 1.165) is 55.6 Å².